The maximum atomic E-state index is 13.6. The van der Waals surface area contributed by atoms with E-state index >= 15 is 0 Å². The zero-order valence-corrected chi connectivity index (χ0v) is 20.0. The van der Waals surface area contributed by atoms with Crippen LogP contribution < -0.4 is 9.64 Å². The molecular weight excluding hydrogens is 448 g/mol. The molecular formula is C25H24N6O2S. The number of fused-ring (bicyclic) bond motifs is 2. The first kappa shape index (κ1) is 22.0. The fourth-order valence-electron chi connectivity index (χ4n) is 4.05. The zero-order chi connectivity index (χ0) is 23.7. The molecule has 0 fully saturated rings. The van der Waals surface area contributed by atoms with Crippen LogP contribution in [0.4, 0.5) is 5.13 Å². The van der Waals surface area contributed by atoms with Crippen molar-refractivity contribution in [3.05, 3.63) is 77.4 Å². The maximum Gasteiger partial charge on any atom is 0.252 e. The van der Waals surface area contributed by atoms with Crippen LogP contribution in [-0.2, 0) is 17.8 Å². The van der Waals surface area contributed by atoms with Crippen molar-refractivity contribution >= 4 is 38.4 Å². The normalized spacial score (nSPS) is 11.3. The minimum atomic E-state index is 0.00682. The Morgan fingerprint density at radius 3 is 2.74 bits per heavy atom. The third-order valence-corrected chi connectivity index (χ3v) is 6.92. The highest BCUT2D eigenvalue weighted by atomic mass is 32.1. The van der Waals surface area contributed by atoms with Gasteiger partial charge >= 0.3 is 0 Å². The number of thiazole rings is 1. The lowest BCUT2D eigenvalue weighted by Gasteiger charge is -2.20. The van der Waals surface area contributed by atoms with Crippen LogP contribution in [0, 0.1) is 13.8 Å². The summed E-state index contributed by atoms with van der Waals surface area (Å²) in [4.78, 5) is 28.8. The summed E-state index contributed by atoms with van der Waals surface area (Å²) in [6.45, 7) is 4.39. The number of aryl methyl sites for hydroxylation is 2. The van der Waals surface area contributed by atoms with Crippen molar-refractivity contribution in [1.82, 2.24) is 24.6 Å². The lowest BCUT2D eigenvalue weighted by Crippen LogP contribution is -2.30. The van der Waals surface area contributed by atoms with E-state index in [0.717, 1.165) is 38.5 Å². The summed E-state index contributed by atoms with van der Waals surface area (Å²) in [5, 5.41) is 4.93. The second kappa shape index (κ2) is 9.18. The molecule has 0 aliphatic heterocycles. The maximum absolute atomic E-state index is 13.6. The Labute approximate surface area is 200 Å². The monoisotopic (exact) mass is 472 g/mol. The molecule has 9 heteroatoms. The lowest BCUT2D eigenvalue weighted by atomic mass is 10.1. The van der Waals surface area contributed by atoms with Gasteiger partial charge in [0, 0.05) is 17.8 Å². The standard InChI is InChI=1S/C25H24N6O2S/c1-16-20(17(2)31-24(28-16)26-15-27-31)10-12-23(32)30(14-18-7-5-4-6-8-18)25-29-21-11-9-19(33-3)13-22(21)34-25/h4-9,11,13,15H,10,12,14H2,1-3H3. The van der Waals surface area contributed by atoms with Gasteiger partial charge in [-0.3, -0.25) is 9.69 Å². The van der Waals surface area contributed by atoms with E-state index < -0.39 is 0 Å². The zero-order valence-electron chi connectivity index (χ0n) is 19.2. The minimum Gasteiger partial charge on any atom is -0.497 e. The number of methoxy groups -OCH3 is 1. The number of anilines is 1. The molecule has 3 aromatic heterocycles. The Bertz CT molecular complexity index is 1480. The van der Waals surface area contributed by atoms with E-state index in [1.807, 2.05) is 62.4 Å². The molecule has 0 bridgehead atoms. The average molecular weight is 473 g/mol. The van der Waals surface area contributed by atoms with Gasteiger partial charge in [0.2, 0.25) is 5.91 Å². The highest BCUT2D eigenvalue weighted by Crippen LogP contribution is 2.33. The molecule has 0 aliphatic carbocycles. The van der Waals surface area contributed by atoms with Gasteiger partial charge < -0.3 is 4.74 Å². The summed E-state index contributed by atoms with van der Waals surface area (Å²) in [6, 6.07) is 15.7. The summed E-state index contributed by atoms with van der Waals surface area (Å²) in [7, 11) is 1.64. The van der Waals surface area contributed by atoms with E-state index in [-0.39, 0.29) is 5.91 Å². The fraction of sp³-hybridized carbons (Fsp3) is 0.240. The Morgan fingerprint density at radius 2 is 1.94 bits per heavy atom. The molecule has 0 aliphatic rings. The first-order valence-electron chi connectivity index (χ1n) is 11.0. The molecule has 0 unspecified atom stereocenters. The number of hydrogen-bond donors (Lipinski definition) is 0. The summed E-state index contributed by atoms with van der Waals surface area (Å²) in [5.41, 5.74) is 4.73. The molecule has 3 heterocycles. The molecule has 0 saturated heterocycles. The van der Waals surface area contributed by atoms with Crippen molar-refractivity contribution in [1.29, 1.82) is 0 Å². The van der Waals surface area contributed by atoms with Crippen molar-refractivity contribution in [2.75, 3.05) is 12.0 Å². The van der Waals surface area contributed by atoms with Gasteiger partial charge in [0.15, 0.2) is 5.13 Å². The van der Waals surface area contributed by atoms with E-state index in [1.165, 1.54) is 17.7 Å². The van der Waals surface area contributed by atoms with Crippen LogP contribution in [0.1, 0.15) is 28.9 Å². The topological polar surface area (TPSA) is 85.5 Å². The molecule has 172 valence electrons. The van der Waals surface area contributed by atoms with Crippen molar-refractivity contribution in [2.45, 2.75) is 33.2 Å². The van der Waals surface area contributed by atoms with Crippen molar-refractivity contribution < 1.29 is 9.53 Å². The van der Waals surface area contributed by atoms with Gasteiger partial charge in [0.1, 0.15) is 12.1 Å². The number of nitrogens with zero attached hydrogens (tertiary/aromatic N) is 6. The number of carbonyl (C=O) groups is 1. The summed E-state index contributed by atoms with van der Waals surface area (Å²) >= 11 is 1.49. The molecule has 34 heavy (non-hydrogen) atoms. The van der Waals surface area contributed by atoms with Crippen LogP contribution >= 0.6 is 11.3 Å². The molecule has 2 aromatic carbocycles. The van der Waals surface area contributed by atoms with Crippen molar-refractivity contribution in [3.63, 3.8) is 0 Å². The van der Waals surface area contributed by atoms with Gasteiger partial charge in [0.05, 0.1) is 23.9 Å². The molecule has 8 nitrogen and oxygen atoms in total. The largest absolute Gasteiger partial charge is 0.497 e. The number of amides is 1. The van der Waals surface area contributed by atoms with Gasteiger partial charge in [-0.15, -0.1) is 0 Å². The number of rotatable bonds is 7. The Hall–Kier alpha value is -3.85. The number of benzene rings is 2. The predicted molar refractivity (Wildman–Crippen MR) is 132 cm³/mol. The highest BCUT2D eigenvalue weighted by molar-refractivity contribution is 7.22. The fourth-order valence-corrected chi connectivity index (χ4v) is 5.06. The van der Waals surface area contributed by atoms with E-state index in [0.29, 0.717) is 30.3 Å². The first-order valence-corrected chi connectivity index (χ1v) is 11.8. The van der Waals surface area contributed by atoms with E-state index in [2.05, 4.69) is 15.1 Å². The SMILES string of the molecule is COc1ccc2nc(N(Cc3ccccc3)C(=O)CCc3c(C)nc4ncnn4c3C)sc2c1. The summed E-state index contributed by atoms with van der Waals surface area (Å²) < 4.78 is 8.05. The Morgan fingerprint density at radius 1 is 1.12 bits per heavy atom. The molecule has 5 rings (SSSR count). The summed E-state index contributed by atoms with van der Waals surface area (Å²) in [6.07, 6.45) is 2.38. The van der Waals surface area contributed by atoms with Gasteiger partial charge in [-0.1, -0.05) is 41.7 Å². The molecule has 0 atom stereocenters. The van der Waals surface area contributed by atoms with E-state index in [9.17, 15) is 4.79 Å². The molecule has 0 saturated carbocycles. The van der Waals surface area contributed by atoms with Crippen LogP contribution in [0.25, 0.3) is 16.0 Å². The highest BCUT2D eigenvalue weighted by Gasteiger charge is 2.22. The third kappa shape index (κ3) is 4.22. The van der Waals surface area contributed by atoms with Gasteiger partial charge in [-0.05, 0) is 49.6 Å². The number of ether oxygens (including phenoxy) is 1. The molecule has 0 radical (unpaired) electrons. The van der Waals surface area contributed by atoms with Gasteiger partial charge in [-0.25, -0.2) is 14.5 Å². The predicted octanol–water partition coefficient (Wildman–Crippen LogP) is 4.53. The van der Waals surface area contributed by atoms with E-state index in [1.54, 1.807) is 16.5 Å². The Balaban J connectivity index is 1.45. The average Bonchev–Trinajstić information content (AvgIpc) is 3.49. The second-order valence-electron chi connectivity index (χ2n) is 8.03. The van der Waals surface area contributed by atoms with Crippen LogP contribution in [-0.4, -0.2) is 37.6 Å². The third-order valence-electron chi connectivity index (χ3n) is 5.88. The van der Waals surface area contributed by atoms with Crippen LogP contribution in [0.15, 0.2) is 54.9 Å². The molecule has 0 N–H and O–H groups in total. The second-order valence-corrected chi connectivity index (χ2v) is 9.04. The minimum absolute atomic E-state index is 0.00682. The molecule has 1 amide bonds. The van der Waals surface area contributed by atoms with E-state index in [4.69, 9.17) is 9.72 Å². The van der Waals surface area contributed by atoms with Gasteiger partial charge in [-0.2, -0.15) is 10.1 Å². The van der Waals surface area contributed by atoms with Gasteiger partial charge in [0.25, 0.3) is 5.78 Å². The molecule has 0 spiro atoms. The van der Waals surface area contributed by atoms with Crippen molar-refractivity contribution in [2.24, 2.45) is 0 Å². The first-order chi connectivity index (χ1) is 16.5. The Kier molecular flexibility index (Phi) is 5.93. The number of hydrogen-bond acceptors (Lipinski definition) is 7. The number of aromatic nitrogens is 5. The smallest absolute Gasteiger partial charge is 0.252 e. The van der Waals surface area contributed by atoms with Crippen LogP contribution in [0.5, 0.6) is 5.75 Å². The summed E-state index contributed by atoms with van der Waals surface area (Å²) in [5.74, 6) is 1.35. The van der Waals surface area contributed by atoms with Crippen molar-refractivity contribution in [3.8, 4) is 5.75 Å². The van der Waals surface area contributed by atoms with Crippen LogP contribution in [0.2, 0.25) is 0 Å². The quantitative estimate of drug-likeness (QED) is 0.346. The lowest BCUT2D eigenvalue weighted by molar-refractivity contribution is -0.118. The molecule has 5 aromatic rings. The van der Waals surface area contributed by atoms with Crippen LogP contribution in [0.3, 0.4) is 0 Å². The number of carbonyl (C=O) groups excluding carboxylic acids is 1.